The number of phenols is 1. The number of anilines is 1. The molecule has 64 heavy (non-hydrogen) atoms. The Balaban J connectivity index is 1.20. The summed E-state index contributed by atoms with van der Waals surface area (Å²) >= 11 is 6.40. The summed E-state index contributed by atoms with van der Waals surface area (Å²) in [5.41, 5.74) is 2.00. The summed E-state index contributed by atoms with van der Waals surface area (Å²) in [7, 11) is 7.26. The molecule has 9 rings (SSSR count). The van der Waals surface area contributed by atoms with E-state index in [-0.39, 0.29) is 54.6 Å². The van der Waals surface area contributed by atoms with Crippen molar-refractivity contribution in [3.8, 4) is 28.7 Å². The van der Waals surface area contributed by atoms with E-state index in [1.54, 1.807) is 61.7 Å². The van der Waals surface area contributed by atoms with Gasteiger partial charge < -0.3 is 28.6 Å². The quantitative estimate of drug-likeness (QED) is 0.138. The van der Waals surface area contributed by atoms with Crippen molar-refractivity contribution in [2.45, 2.75) is 43.3 Å². The van der Waals surface area contributed by atoms with Gasteiger partial charge in [-0.05, 0) is 71.7 Å². The van der Waals surface area contributed by atoms with Gasteiger partial charge in [0.25, 0.3) is 17.4 Å². The maximum Gasteiger partial charge on any atom is 0.347 e. The van der Waals surface area contributed by atoms with Crippen LogP contribution in [0.3, 0.4) is 0 Å². The number of hydrogen-bond acceptors (Lipinski definition) is 12. The first-order valence-corrected chi connectivity index (χ1v) is 20.5. The van der Waals surface area contributed by atoms with Gasteiger partial charge in [-0.25, -0.2) is 32.9 Å². The van der Waals surface area contributed by atoms with E-state index < -0.39 is 57.9 Å². The van der Waals surface area contributed by atoms with Gasteiger partial charge in [0.05, 0.1) is 69.1 Å². The number of aryl methyl sites for hydroxylation is 2. The minimum Gasteiger partial charge on any atom is -0.502 e. The number of nitrogens with zero attached hydrogens (tertiary/aromatic N) is 6. The van der Waals surface area contributed by atoms with Crippen molar-refractivity contribution in [2.24, 2.45) is 13.0 Å². The number of aromatic hydroxyl groups is 1. The number of hydrogen-bond donors (Lipinski definition) is 2. The first-order valence-electron chi connectivity index (χ1n) is 20.1. The Morgan fingerprint density at radius 3 is 2.14 bits per heavy atom. The van der Waals surface area contributed by atoms with Crippen LogP contribution in [-0.4, -0.2) is 73.9 Å². The average molecular weight is 894 g/mol. The number of allylic oxidation sites excluding steroid dienone is 2. The number of carbonyl (C=O) groups excluding carboxylic acids is 2. The van der Waals surface area contributed by atoms with E-state index in [1.165, 1.54) is 66.6 Å². The third kappa shape index (κ3) is 6.25. The van der Waals surface area contributed by atoms with Crippen molar-refractivity contribution in [2.75, 3.05) is 33.9 Å². The first kappa shape index (κ1) is 42.0. The van der Waals surface area contributed by atoms with Gasteiger partial charge in [-0.1, -0.05) is 29.8 Å². The molecule has 2 N–H and O–H groups in total. The second-order valence-corrected chi connectivity index (χ2v) is 16.1. The lowest BCUT2D eigenvalue weighted by molar-refractivity contribution is -0.138. The van der Waals surface area contributed by atoms with Crippen molar-refractivity contribution < 1.29 is 38.0 Å². The Bertz CT molecular complexity index is 3100. The molecule has 1 saturated carbocycles. The van der Waals surface area contributed by atoms with E-state index in [4.69, 9.17) is 30.5 Å². The zero-order valence-electron chi connectivity index (χ0n) is 35.1. The van der Waals surface area contributed by atoms with Crippen LogP contribution in [0.25, 0.3) is 11.0 Å². The van der Waals surface area contributed by atoms with Crippen LogP contribution in [0.4, 0.5) is 10.1 Å². The molecule has 2 fully saturated rings. The predicted octanol–water partition coefficient (Wildman–Crippen LogP) is 4.45. The molecule has 0 bridgehead atoms. The minimum atomic E-state index is -1.73. The number of methoxy groups -OCH3 is 4. The highest BCUT2D eigenvalue weighted by Crippen LogP contribution is 2.62. The predicted molar refractivity (Wildman–Crippen MR) is 231 cm³/mol. The number of benzene rings is 4. The van der Waals surface area contributed by atoms with E-state index in [2.05, 4.69) is 10.4 Å². The van der Waals surface area contributed by atoms with Gasteiger partial charge in [0.2, 0.25) is 5.75 Å². The summed E-state index contributed by atoms with van der Waals surface area (Å²) in [4.78, 5) is 77.6. The van der Waals surface area contributed by atoms with Crippen LogP contribution in [0.15, 0.2) is 98.8 Å². The van der Waals surface area contributed by atoms with Crippen LogP contribution >= 0.6 is 11.6 Å². The Hall–Kier alpha value is -7.34. The number of nitrogens with one attached hydrogen (secondary N) is 1. The summed E-state index contributed by atoms with van der Waals surface area (Å²) in [5, 5.41) is 12.3. The largest absolute Gasteiger partial charge is 0.502 e. The molecule has 4 heterocycles. The van der Waals surface area contributed by atoms with Crippen molar-refractivity contribution in [3.63, 3.8) is 0 Å². The first-order chi connectivity index (χ1) is 30.8. The molecule has 0 spiro atoms. The van der Waals surface area contributed by atoms with Gasteiger partial charge in [-0.2, -0.15) is 5.01 Å². The molecule has 4 aromatic carbocycles. The normalized spacial score (nSPS) is 20.1. The molecule has 2 aromatic heterocycles. The number of carbonyl (C=O) groups is 2. The highest BCUT2D eigenvalue weighted by Gasteiger charge is 2.69. The zero-order valence-corrected chi connectivity index (χ0v) is 35.9. The smallest absolute Gasteiger partial charge is 0.347 e. The molecule has 1 saturated heterocycles. The average Bonchev–Trinajstić information content (AvgIpc) is 3.67. The summed E-state index contributed by atoms with van der Waals surface area (Å²) in [6.45, 7) is -0.317. The zero-order chi connectivity index (χ0) is 45.4. The monoisotopic (exact) mass is 893 g/mol. The lowest BCUT2D eigenvalue weighted by Crippen LogP contribution is -2.53. The fraction of sp³-hybridized carbons (Fsp3) is 0.289. The van der Waals surface area contributed by atoms with Crippen molar-refractivity contribution in [3.05, 3.63) is 143 Å². The number of imide groups is 1. The van der Waals surface area contributed by atoms with E-state index in [9.17, 15) is 28.7 Å². The molecule has 330 valence electrons. The summed E-state index contributed by atoms with van der Waals surface area (Å²) in [6.07, 6.45) is 1.57. The van der Waals surface area contributed by atoms with Crippen molar-refractivity contribution in [1.82, 2.24) is 28.5 Å². The lowest BCUT2D eigenvalue weighted by atomic mass is 9.53. The van der Waals surface area contributed by atoms with E-state index in [0.29, 0.717) is 44.3 Å². The van der Waals surface area contributed by atoms with E-state index >= 15 is 4.79 Å². The van der Waals surface area contributed by atoms with E-state index in [0.717, 1.165) is 9.58 Å². The number of ether oxygens (including phenoxy) is 4. The highest BCUT2D eigenvalue weighted by atomic mass is 35.5. The van der Waals surface area contributed by atoms with Crippen LogP contribution in [0.2, 0.25) is 5.02 Å². The molecule has 17 nitrogen and oxygen atoms in total. The Labute approximate surface area is 368 Å². The molecule has 3 aliphatic rings. The molecular formula is C45H41ClFN7O10. The van der Waals surface area contributed by atoms with Gasteiger partial charge in [0, 0.05) is 43.1 Å². The van der Waals surface area contributed by atoms with Crippen LogP contribution in [0.5, 0.6) is 28.7 Å². The van der Waals surface area contributed by atoms with Crippen molar-refractivity contribution >= 4 is 40.1 Å². The van der Waals surface area contributed by atoms with Crippen LogP contribution in [0, 0.1) is 11.7 Å². The summed E-state index contributed by atoms with van der Waals surface area (Å²) in [6, 6.07) is 17.1. The number of amides is 2. The highest BCUT2D eigenvalue weighted by molar-refractivity contribution is 6.30. The maximum atomic E-state index is 15.5. The number of halogens is 2. The molecule has 1 aliphatic carbocycles. The molecule has 19 heteroatoms. The Morgan fingerprint density at radius 1 is 0.859 bits per heavy atom. The number of aromatic nitrogens is 5. The third-order valence-electron chi connectivity index (χ3n) is 12.7. The van der Waals surface area contributed by atoms with E-state index in [1.807, 2.05) is 0 Å². The Kier molecular flexibility index (Phi) is 10.4. The summed E-state index contributed by atoms with van der Waals surface area (Å²) < 4.78 is 41.1. The topological polar surface area (TPSA) is 190 Å². The fourth-order valence-corrected chi connectivity index (χ4v) is 9.83. The molecule has 2 amide bonds. The fourth-order valence-electron chi connectivity index (χ4n) is 9.70. The molecule has 2 aliphatic heterocycles. The van der Waals surface area contributed by atoms with Gasteiger partial charge in [0.15, 0.2) is 23.0 Å². The second kappa shape index (κ2) is 15.8. The van der Waals surface area contributed by atoms with Crippen molar-refractivity contribution in [1.29, 1.82) is 0 Å². The number of phenolic OH excluding ortho intramolecular Hbond substituents is 1. The van der Waals surface area contributed by atoms with Gasteiger partial charge >= 0.3 is 11.4 Å². The molecular weight excluding hydrogens is 853 g/mol. The third-order valence-corrected chi connectivity index (χ3v) is 12.9. The number of hydrazine groups is 1. The van der Waals surface area contributed by atoms with Crippen LogP contribution in [0.1, 0.15) is 35.2 Å². The summed E-state index contributed by atoms with van der Waals surface area (Å²) in [5.74, 6) is -3.54. The standard InChI is InChI=1S/C45H41ClFN7O10/c1-50-33-22-35(62-3)34(61-2)21-31(33)48-30(41(50)57)15-16-51-43(59)52-17-14-28-32(54(52)44(51)60)20-29-40(56)53(49-27-12-10-26(47)11-13-27)42(58)45(29,24-6-8-25(46)9-7-24)38(28)23-18-36(63-4)39(55)37(19-23)64-5/h6-14,18-19,21-22,29,32,38,49,55H,15-17,20H2,1-5H3. The van der Waals surface area contributed by atoms with Gasteiger partial charge in [0.1, 0.15) is 11.5 Å². The number of fused-ring (bicyclic) bond motifs is 5. The molecule has 4 atom stereocenters. The van der Waals surface area contributed by atoms with Gasteiger partial charge in [-0.15, -0.1) is 0 Å². The number of rotatable bonds is 11. The van der Waals surface area contributed by atoms with Crippen LogP contribution in [-0.2, 0) is 41.6 Å². The molecule has 4 unspecified atom stereocenters. The van der Waals surface area contributed by atoms with Crippen LogP contribution < -0.4 is 41.3 Å². The Morgan fingerprint density at radius 2 is 1.50 bits per heavy atom. The molecule has 6 aromatic rings. The second-order valence-electron chi connectivity index (χ2n) is 15.7. The lowest BCUT2D eigenvalue weighted by Gasteiger charge is -2.49. The van der Waals surface area contributed by atoms with Gasteiger partial charge in [-0.3, -0.25) is 19.8 Å². The SMILES string of the molecule is COc1cc2nc(CCn3c(=O)n4n(c3=O)C3CC5C(=O)N(Nc6ccc(F)cc6)C(=O)C5(c5ccc(Cl)cc5)C(c5cc(OC)c(O)c(OC)c5)C3=CC4)c(=O)n(C)c2cc1OC. The minimum absolute atomic E-state index is 0.0139. The maximum absolute atomic E-state index is 15.5. The molecule has 0 radical (unpaired) electrons.